The number of esters is 1. The SMILES string of the molecule is O=C(OC1CCNCC1)c1cncnc1. The van der Waals surface area contributed by atoms with E-state index in [2.05, 4.69) is 15.3 Å². The van der Waals surface area contributed by atoms with E-state index >= 15 is 0 Å². The minimum absolute atomic E-state index is 0.0268. The number of nitrogens with zero attached hydrogens (tertiary/aromatic N) is 2. The van der Waals surface area contributed by atoms with Gasteiger partial charge < -0.3 is 10.1 Å². The van der Waals surface area contributed by atoms with Crippen molar-refractivity contribution in [1.29, 1.82) is 0 Å². The molecule has 80 valence electrons. The number of carbonyl (C=O) groups excluding carboxylic acids is 1. The molecule has 0 aromatic carbocycles. The van der Waals surface area contributed by atoms with E-state index in [0.717, 1.165) is 25.9 Å². The van der Waals surface area contributed by atoms with Crippen LogP contribution in [0.4, 0.5) is 0 Å². The summed E-state index contributed by atoms with van der Waals surface area (Å²) >= 11 is 0. The highest BCUT2D eigenvalue weighted by molar-refractivity contribution is 5.88. The lowest BCUT2D eigenvalue weighted by atomic mass is 10.1. The summed E-state index contributed by atoms with van der Waals surface area (Å²) < 4.78 is 5.32. The van der Waals surface area contributed by atoms with Crippen molar-refractivity contribution >= 4 is 5.97 Å². The molecule has 0 atom stereocenters. The Morgan fingerprint density at radius 3 is 2.67 bits per heavy atom. The summed E-state index contributed by atoms with van der Waals surface area (Å²) in [6.07, 6.45) is 6.10. The van der Waals surface area contributed by atoms with E-state index < -0.39 is 0 Å². The molecule has 5 heteroatoms. The lowest BCUT2D eigenvalue weighted by Gasteiger charge is -2.22. The average Bonchev–Trinajstić information content (AvgIpc) is 2.31. The first kappa shape index (κ1) is 10.0. The molecule has 1 aromatic heterocycles. The largest absolute Gasteiger partial charge is 0.459 e. The van der Waals surface area contributed by atoms with Crippen LogP contribution in [0.2, 0.25) is 0 Å². The highest BCUT2D eigenvalue weighted by Crippen LogP contribution is 2.09. The predicted molar refractivity (Wildman–Crippen MR) is 53.3 cm³/mol. The summed E-state index contributed by atoms with van der Waals surface area (Å²) in [4.78, 5) is 19.1. The summed E-state index contributed by atoms with van der Waals surface area (Å²) in [5.74, 6) is -0.331. The van der Waals surface area contributed by atoms with Crippen LogP contribution < -0.4 is 5.32 Å². The Hall–Kier alpha value is -1.49. The number of piperidine rings is 1. The zero-order chi connectivity index (χ0) is 10.5. The van der Waals surface area contributed by atoms with Gasteiger partial charge in [-0.05, 0) is 25.9 Å². The van der Waals surface area contributed by atoms with E-state index in [4.69, 9.17) is 4.74 Å². The Morgan fingerprint density at radius 1 is 1.33 bits per heavy atom. The third-order valence-electron chi connectivity index (χ3n) is 2.36. The van der Waals surface area contributed by atoms with Gasteiger partial charge in [0.05, 0.1) is 5.56 Å². The van der Waals surface area contributed by atoms with Crippen LogP contribution in [0, 0.1) is 0 Å². The first-order valence-electron chi connectivity index (χ1n) is 5.03. The summed E-state index contributed by atoms with van der Waals surface area (Å²) in [5.41, 5.74) is 0.413. The van der Waals surface area contributed by atoms with E-state index in [1.54, 1.807) is 0 Å². The maximum Gasteiger partial charge on any atom is 0.341 e. The number of ether oxygens (including phenoxy) is 1. The van der Waals surface area contributed by atoms with Gasteiger partial charge in [-0.25, -0.2) is 14.8 Å². The second-order valence-electron chi connectivity index (χ2n) is 3.48. The lowest BCUT2D eigenvalue weighted by Crippen LogP contribution is -2.33. The smallest absolute Gasteiger partial charge is 0.341 e. The molecule has 1 aliphatic heterocycles. The topological polar surface area (TPSA) is 64.1 Å². The van der Waals surface area contributed by atoms with Crippen LogP contribution in [0.25, 0.3) is 0 Å². The highest BCUT2D eigenvalue weighted by Gasteiger charge is 2.18. The fourth-order valence-electron chi connectivity index (χ4n) is 1.54. The van der Waals surface area contributed by atoms with Gasteiger partial charge in [-0.2, -0.15) is 0 Å². The number of nitrogens with one attached hydrogen (secondary N) is 1. The second kappa shape index (κ2) is 4.84. The Balaban J connectivity index is 1.91. The summed E-state index contributed by atoms with van der Waals surface area (Å²) in [6, 6.07) is 0. The standard InChI is InChI=1S/C10H13N3O2/c14-10(8-5-12-7-13-6-8)15-9-1-3-11-4-2-9/h5-7,9,11H,1-4H2. The second-order valence-corrected chi connectivity index (χ2v) is 3.48. The molecule has 1 aliphatic rings. The summed E-state index contributed by atoms with van der Waals surface area (Å²) in [7, 11) is 0. The molecule has 0 aliphatic carbocycles. The Bertz CT molecular complexity index is 323. The van der Waals surface area contributed by atoms with Gasteiger partial charge in [-0.3, -0.25) is 0 Å². The molecular formula is C10H13N3O2. The van der Waals surface area contributed by atoms with Gasteiger partial charge in [0, 0.05) is 12.4 Å². The van der Waals surface area contributed by atoms with Crippen LogP contribution in [0.3, 0.4) is 0 Å². The Kier molecular flexibility index (Phi) is 3.24. The van der Waals surface area contributed by atoms with Gasteiger partial charge in [-0.1, -0.05) is 0 Å². The van der Waals surface area contributed by atoms with Crippen molar-refractivity contribution in [3.8, 4) is 0 Å². The fourth-order valence-corrected chi connectivity index (χ4v) is 1.54. The maximum atomic E-state index is 11.6. The molecule has 1 fully saturated rings. The van der Waals surface area contributed by atoms with Gasteiger partial charge in [-0.15, -0.1) is 0 Å². The van der Waals surface area contributed by atoms with E-state index in [-0.39, 0.29) is 12.1 Å². The first-order chi connectivity index (χ1) is 7.36. The van der Waals surface area contributed by atoms with Gasteiger partial charge >= 0.3 is 5.97 Å². The maximum absolute atomic E-state index is 11.6. The first-order valence-corrected chi connectivity index (χ1v) is 5.03. The molecule has 0 unspecified atom stereocenters. The number of rotatable bonds is 2. The predicted octanol–water partition coefficient (Wildman–Crippen LogP) is 0.385. The molecule has 0 amide bonds. The van der Waals surface area contributed by atoms with Crippen molar-refractivity contribution in [2.45, 2.75) is 18.9 Å². The van der Waals surface area contributed by atoms with Crippen LogP contribution in [-0.2, 0) is 4.74 Å². The monoisotopic (exact) mass is 207 g/mol. The van der Waals surface area contributed by atoms with Crippen molar-refractivity contribution in [3.05, 3.63) is 24.3 Å². The summed E-state index contributed by atoms with van der Waals surface area (Å²) in [6.45, 7) is 1.81. The third kappa shape index (κ3) is 2.73. The molecule has 0 bridgehead atoms. The molecule has 1 aromatic rings. The fraction of sp³-hybridized carbons (Fsp3) is 0.500. The minimum Gasteiger partial charge on any atom is -0.459 e. The van der Waals surface area contributed by atoms with E-state index in [9.17, 15) is 4.79 Å². The third-order valence-corrected chi connectivity index (χ3v) is 2.36. The molecule has 1 saturated heterocycles. The summed E-state index contributed by atoms with van der Waals surface area (Å²) in [5, 5.41) is 3.21. The molecule has 5 nitrogen and oxygen atoms in total. The van der Waals surface area contributed by atoms with Crippen molar-refractivity contribution in [2.75, 3.05) is 13.1 Å². The van der Waals surface area contributed by atoms with Crippen molar-refractivity contribution in [2.24, 2.45) is 0 Å². The van der Waals surface area contributed by atoms with Crippen LogP contribution in [-0.4, -0.2) is 35.1 Å². The molecule has 15 heavy (non-hydrogen) atoms. The molecule has 0 spiro atoms. The number of hydrogen-bond acceptors (Lipinski definition) is 5. The minimum atomic E-state index is -0.331. The van der Waals surface area contributed by atoms with E-state index in [1.165, 1.54) is 18.7 Å². The van der Waals surface area contributed by atoms with Gasteiger partial charge in [0.15, 0.2) is 0 Å². The molecule has 0 saturated carbocycles. The van der Waals surface area contributed by atoms with Crippen molar-refractivity contribution < 1.29 is 9.53 Å². The normalized spacial score (nSPS) is 17.3. The van der Waals surface area contributed by atoms with E-state index in [1.807, 2.05) is 0 Å². The zero-order valence-electron chi connectivity index (χ0n) is 8.35. The van der Waals surface area contributed by atoms with Gasteiger partial charge in [0.1, 0.15) is 12.4 Å². The Morgan fingerprint density at radius 2 is 2.00 bits per heavy atom. The molecule has 2 rings (SSSR count). The van der Waals surface area contributed by atoms with Crippen LogP contribution >= 0.6 is 0 Å². The van der Waals surface area contributed by atoms with Crippen molar-refractivity contribution in [3.63, 3.8) is 0 Å². The average molecular weight is 207 g/mol. The van der Waals surface area contributed by atoms with Gasteiger partial charge in [0.2, 0.25) is 0 Å². The molecule has 1 N–H and O–H groups in total. The quantitative estimate of drug-likeness (QED) is 0.710. The number of hydrogen-bond donors (Lipinski definition) is 1. The van der Waals surface area contributed by atoms with Crippen LogP contribution in [0.15, 0.2) is 18.7 Å². The number of aromatic nitrogens is 2. The van der Waals surface area contributed by atoms with Gasteiger partial charge in [0.25, 0.3) is 0 Å². The molecule has 0 radical (unpaired) electrons. The highest BCUT2D eigenvalue weighted by atomic mass is 16.5. The Labute approximate surface area is 87.9 Å². The van der Waals surface area contributed by atoms with E-state index in [0.29, 0.717) is 5.56 Å². The number of carbonyl (C=O) groups is 1. The molecular weight excluding hydrogens is 194 g/mol. The van der Waals surface area contributed by atoms with Crippen molar-refractivity contribution in [1.82, 2.24) is 15.3 Å². The van der Waals surface area contributed by atoms with Crippen LogP contribution in [0.5, 0.6) is 0 Å². The van der Waals surface area contributed by atoms with Crippen LogP contribution in [0.1, 0.15) is 23.2 Å². The zero-order valence-corrected chi connectivity index (χ0v) is 8.35. The lowest BCUT2D eigenvalue weighted by molar-refractivity contribution is 0.0228. The molecule has 2 heterocycles.